The van der Waals surface area contributed by atoms with Crippen LogP contribution in [0.2, 0.25) is 0 Å². The highest BCUT2D eigenvalue weighted by molar-refractivity contribution is 5.89. The van der Waals surface area contributed by atoms with E-state index in [0.29, 0.717) is 19.0 Å². The highest BCUT2D eigenvalue weighted by Crippen LogP contribution is 2.32. The standard InChI is InChI=1S/C21H30N2O2/c1-2-3-4-5-6-11-19(24)23-15-14-16-9-7-8-10-18(16)20(23)21(25)22-17-12-13-17/h7-10,17,20H,2-6,11-15H2,1H3,(H,22,25). The topological polar surface area (TPSA) is 49.4 Å². The van der Waals surface area contributed by atoms with Crippen LogP contribution >= 0.6 is 0 Å². The zero-order valence-corrected chi connectivity index (χ0v) is 15.3. The number of unbranched alkanes of at least 4 members (excludes halogenated alkanes) is 4. The van der Waals surface area contributed by atoms with Gasteiger partial charge in [0.1, 0.15) is 6.04 Å². The second-order valence-electron chi connectivity index (χ2n) is 7.39. The number of rotatable bonds is 8. The van der Waals surface area contributed by atoms with Crippen molar-refractivity contribution in [3.63, 3.8) is 0 Å². The molecule has 1 unspecified atom stereocenters. The second-order valence-corrected chi connectivity index (χ2v) is 7.39. The smallest absolute Gasteiger partial charge is 0.247 e. The third-order valence-corrected chi connectivity index (χ3v) is 5.27. The maximum Gasteiger partial charge on any atom is 0.247 e. The molecule has 0 bridgehead atoms. The van der Waals surface area contributed by atoms with Crippen molar-refractivity contribution in [3.05, 3.63) is 35.4 Å². The predicted molar refractivity (Wildman–Crippen MR) is 99.1 cm³/mol. The van der Waals surface area contributed by atoms with Gasteiger partial charge in [0.2, 0.25) is 11.8 Å². The molecule has 1 N–H and O–H groups in total. The van der Waals surface area contributed by atoms with Crippen molar-refractivity contribution < 1.29 is 9.59 Å². The highest BCUT2D eigenvalue weighted by Gasteiger charge is 2.37. The monoisotopic (exact) mass is 342 g/mol. The van der Waals surface area contributed by atoms with Crippen LogP contribution in [0, 0.1) is 0 Å². The summed E-state index contributed by atoms with van der Waals surface area (Å²) in [4.78, 5) is 27.5. The molecule has 1 heterocycles. The summed E-state index contributed by atoms with van der Waals surface area (Å²) < 4.78 is 0. The third-order valence-electron chi connectivity index (χ3n) is 5.27. The lowest BCUT2D eigenvalue weighted by atomic mass is 9.91. The van der Waals surface area contributed by atoms with Gasteiger partial charge in [-0.2, -0.15) is 0 Å². The molecular weight excluding hydrogens is 312 g/mol. The van der Waals surface area contributed by atoms with E-state index in [1.165, 1.54) is 24.8 Å². The Kier molecular flexibility index (Phi) is 6.11. The number of carbonyl (C=O) groups is 2. The number of hydrogen-bond donors (Lipinski definition) is 1. The molecule has 1 atom stereocenters. The van der Waals surface area contributed by atoms with Gasteiger partial charge < -0.3 is 10.2 Å². The van der Waals surface area contributed by atoms with Crippen LogP contribution in [0.1, 0.15) is 75.5 Å². The molecule has 2 aliphatic rings. The summed E-state index contributed by atoms with van der Waals surface area (Å²) in [6, 6.07) is 7.93. The van der Waals surface area contributed by atoms with Crippen LogP contribution in [0.5, 0.6) is 0 Å². The molecular formula is C21H30N2O2. The lowest BCUT2D eigenvalue weighted by Crippen LogP contribution is -2.47. The van der Waals surface area contributed by atoms with Gasteiger partial charge in [0.25, 0.3) is 0 Å². The molecule has 1 aliphatic carbocycles. The average molecular weight is 342 g/mol. The summed E-state index contributed by atoms with van der Waals surface area (Å²) in [5.41, 5.74) is 2.21. The van der Waals surface area contributed by atoms with E-state index in [2.05, 4.69) is 18.3 Å². The second kappa shape index (κ2) is 8.50. The molecule has 1 fully saturated rings. The molecule has 0 radical (unpaired) electrons. The van der Waals surface area contributed by atoms with Gasteiger partial charge in [-0.3, -0.25) is 9.59 Å². The maximum atomic E-state index is 12.8. The van der Waals surface area contributed by atoms with Gasteiger partial charge in [-0.15, -0.1) is 0 Å². The van der Waals surface area contributed by atoms with Crippen molar-refractivity contribution in [2.24, 2.45) is 0 Å². The summed E-state index contributed by atoms with van der Waals surface area (Å²) >= 11 is 0. The maximum absolute atomic E-state index is 12.8. The lowest BCUT2D eigenvalue weighted by Gasteiger charge is -2.36. The first kappa shape index (κ1) is 18.0. The molecule has 136 valence electrons. The Hall–Kier alpha value is -1.84. The average Bonchev–Trinajstić information content (AvgIpc) is 3.44. The highest BCUT2D eigenvalue weighted by atomic mass is 16.2. The van der Waals surface area contributed by atoms with Crippen LogP contribution in [0.25, 0.3) is 0 Å². The molecule has 25 heavy (non-hydrogen) atoms. The zero-order valence-electron chi connectivity index (χ0n) is 15.3. The van der Waals surface area contributed by atoms with Gasteiger partial charge in [0.05, 0.1) is 0 Å². The first-order valence-corrected chi connectivity index (χ1v) is 9.88. The van der Waals surface area contributed by atoms with Gasteiger partial charge in [0, 0.05) is 19.0 Å². The van der Waals surface area contributed by atoms with E-state index < -0.39 is 6.04 Å². The molecule has 1 aromatic carbocycles. The summed E-state index contributed by atoms with van der Waals surface area (Å²) in [6.45, 7) is 2.84. The molecule has 1 aliphatic heterocycles. The van der Waals surface area contributed by atoms with Crippen molar-refractivity contribution in [1.82, 2.24) is 10.2 Å². The Morgan fingerprint density at radius 3 is 2.64 bits per heavy atom. The van der Waals surface area contributed by atoms with Crippen molar-refractivity contribution in [1.29, 1.82) is 0 Å². The van der Waals surface area contributed by atoms with Crippen LogP contribution in [0.3, 0.4) is 0 Å². The Balaban J connectivity index is 1.68. The van der Waals surface area contributed by atoms with Gasteiger partial charge in [-0.25, -0.2) is 0 Å². The van der Waals surface area contributed by atoms with Crippen LogP contribution in [0.4, 0.5) is 0 Å². The van der Waals surface area contributed by atoms with E-state index in [1.54, 1.807) is 0 Å². The third kappa shape index (κ3) is 4.62. The van der Waals surface area contributed by atoms with Crippen LogP contribution in [0.15, 0.2) is 24.3 Å². The fourth-order valence-electron chi connectivity index (χ4n) is 3.65. The minimum atomic E-state index is -0.450. The minimum Gasteiger partial charge on any atom is -0.351 e. The largest absolute Gasteiger partial charge is 0.351 e. The SMILES string of the molecule is CCCCCCCC(=O)N1CCc2ccccc2C1C(=O)NC1CC1. The van der Waals surface area contributed by atoms with Gasteiger partial charge in [-0.05, 0) is 36.8 Å². The first-order valence-electron chi connectivity index (χ1n) is 9.88. The number of fused-ring (bicyclic) bond motifs is 1. The van der Waals surface area contributed by atoms with Crippen LogP contribution in [-0.2, 0) is 16.0 Å². The van der Waals surface area contributed by atoms with E-state index in [4.69, 9.17) is 0 Å². The Morgan fingerprint density at radius 2 is 1.88 bits per heavy atom. The molecule has 3 rings (SSSR count). The Labute approximate surface area is 151 Å². The van der Waals surface area contributed by atoms with Crippen molar-refractivity contribution in [3.8, 4) is 0 Å². The predicted octanol–water partition coefficient (Wildman–Crippen LogP) is 3.75. The number of amides is 2. The summed E-state index contributed by atoms with van der Waals surface area (Å²) in [5, 5.41) is 3.10. The van der Waals surface area contributed by atoms with Gasteiger partial charge >= 0.3 is 0 Å². The first-order chi connectivity index (χ1) is 12.2. The molecule has 0 saturated heterocycles. The number of benzene rings is 1. The summed E-state index contributed by atoms with van der Waals surface area (Å²) in [7, 11) is 0. The summed E-state index contributed by atoms with van der Waals surface area (Å²) in [6.07, 6.45) is 9.17. The fourth-order valence-corrected chi connectivity index (χ4v) is 3.65. The van der Waals surface area contributed by atoms with Gasteiger partial charge in [0.15, 0.2) is 0 Å². The number of carbonyl (C=O) groups excluding carboxylic acids is 2. The van der Waals surface area contributed by atoms with Crippen molar-refractivity contribution in [2.45, 2.75) is 76.8 Å². The van der Waals surface area contributed by atoms with E-state index in [1.807, 2.05) is 23.1 Å². The van der Waals surface area contributed by atoms with Crippen LogP contribution in [-0.4, -0.2) is 29.3 Å². The minimum absolute atomic E-state index is 0.00557. The van der Waals surface area contributed by atoms with Crippen molar-refractivity contribution in [2.75, 3.05) is 6.54 Å². The molecule has 1 aromatic rings. The van der Waals surface area contributed by atoms with Crippen LogP contribution < -0.4 is 5.32 Å². The lowest BCUT2D eigenvalue weighted by molar-refractivity contribution is -0.141. The number of nitrogens with zero attached hydrogens (tertiary/aromatic N) is 1. The van der Waals surface area contributed by atoms with Gasteiger partial charge in [-0.1, -0.05) is 56.9 Å². The van der Waals surface area contributed by atoms with E-state index in [0.717, 1.165) is 37.7 Å². The van der Waals surface area contributed by atoms with E-state index in [-0.39, 0.29) is 11.8 Å². The fraction of sp³-hybridized carbons (Fsp3) is 0.619. The Morgan fingerprint density at radius 1 is 1.12 bits per heavy atom. The number of nitrogens with one attached hydrogen (secondary N) is 1. The molecule has 4 heteroatoms. The van der Waals surface area contributed by atoms with E-state index in [9.17, 15) is 9.59 Å². The molecule has 2 amide bonds. The quantitative estimate of drug-likeness (QED) is 0.732. The Bertz CT molecular complexity index is 610. The molecule has 1 saturated carbocycles. The molecule has 0 aromatic heterocycles. The number of hydrogen-bond acceptors (Lipinski definition) is 2. The normalized spacial score (nSPS) is 19.4. The van der Waals surface area contributed by atoms with Crippen molar-refractivity contribution >= 4 is 11.8 Å². The molecule has 0 spiro atoms. The molecule has 4 nitrogen and oxygen atoms in total. The van der Waals surface area contributed by atoms with E-state index >= 15 is 0 Å². The summed E-state index contributed by atoms with van der Waals surface area (Å²) in [5.74, 6) is 0.121. The zero-order chi connectivity index (χ0) is 17.6.